The molecule has 0 unspecified atom stereocenters. The molecular weight excluding hydrogens is 477 g/mol. The molecule has 0 atom stereocenters. The summed E-state index contributed by atoms with van der Waals surface area (Å²) >= 11 is 0. The molecule has 11 nitrogen and oxygen atoms in total. The molecule has 188 valence electrons. The minimum absolute atomic E-state index is 0.00355. The lowest BCUT2D eigenvalue weighted by molar-refractivity contribution is 0.0577. The van der Waals surface area contributed by atoms with E-state index in [9.17, 15) is 14.3 Å². The summed E-state index contributed by atoms with van der Waals surface area (Å²) in [4.78, 5) is 14.5. The Hall–Kier alpha value is -4.45. The normalized spacial score (nSPS) is 13.8. The number of nitrogens with one attached hydrogen (secondary N) is 1. The fraction of sp³-hybridized carbons (Fsp3) is 0.280. The van der Waals surface area contributed by atoms with Crippen LogP contribution in [0.3, 0.4) is 0 Å². The van der Waals surface area contributed by atoms with Crippen molar-refractivity contribution < 1.29 is 14.3 Å². The smallest absolute Gasteiger partial charge is 0.259 e. The Morgan fingerprint density at radius 3 is 2.78 bits per heavy atom. The van der Waals surface area contributed by atoms with Gasteiger partial charge in [0.25, 0.3) is 5.91 Å². The molecule has 1 aliphatic rings. The first kappa shape index (κ1) is 23.0. The van der Waals surface area contributed by atoms with Crippen LogP contribution >= 0.6 is 0 Å². The third-order valence-electron chi connectivity index (χ3n) is 6.08. The topological polar surface area (TPSA) is 128 Å². The predicted molar refractivity (Wildman–Crippen MR) is 132 cm³/mol. The zero-order valence-corrected chi connectivity index (χ0v) is 20.2. The maximum atomic E-state index is 14.6. The van der Waals surface area contributed by atoms with Gasteiger partial charge in [-0.25, -0.2) is 8.91 Å². The quantitative estimate of drug-likeness (QED) is 0.350. The summed E-state index contributed by atoms with van der Waals surface area (Å²) in [6.07, 6.45) is 8.79. The second kappa shape index (κ2) is 8.59. The van der Waals surface area contributed by atoms with E-state index in [1.165, 1.54) is 29.2 Å². The SMILES string of the molecule is CC(C)(O)Cn1cc(-c2ccn3ncc(C(=O)Nc4cc(-n5nnc(C6CC6)n5)ccc4F)c3c2)cn1. The molecule has 1 aromatic carbocycles. The maximum absolute atomic E-state index is 14.6. The van der Waals surface area contributed by atoms with Gasteiger partial charge in [-0.15, -0.1) is 15.0 Å². The minimum Gasteiger partial charge on any atom is -0.389 e. The highest BCUT2D eigenvalue weighted by molar-refractivity contribution is 6.09. The third-order valence-corrected chi connectivity index (χ3v) is 6.08. The van der Waals surface area contributed by atoms with Crippen molar-refractivity contribution in [1.29, 1.82) is 0 Å². The molecule has 0 bridgehead atoms. The van der Waals surface area contributed by atoms with E-state index in [1.54, 1.807) is 35.4 Å². The fourth-order valence-corrected chi connectivity index (χ4v) is 4.09. The highest BCUT2D eigenvalue weighted by Crippen LogP contribution is 2.37. The summed E-state index contributed by atoms with van der Waals surface area (Å²) in [5, 5.41) is 33.8. The highest BCUT2D eigenvalue weighted by atomic mass is 19.1. The van der Waals surface area contributed by atoms with Gasteiger partial charge in [-0.05, 0) is 67.8 Å². The summed E-state index contributed by atoms with van der Waals surface area (Å²) in [7, 11) is 0. The van der Waals surface area contributed by atoms with Crippen LogP contribution in [-0.2, 0) is 6.54 Å². The monoisotopic (exact) mass is 501 g/mol. The van der Waals surface area contributed by atoms with Crippen LogP contribution < -0.4 is 5.32 Å². The Morgan fingerprint density at radius 2 is 2.00 bits per heavy atom. The van der Waals surface area contributed by atoms with Gasteiger partial charge in [-0.3, -0.25) is 9.48 Å². The van der Waals surface area contributed by atoms with Crippen molar-refractivity contribution in [3.05, 3.63) is 72.3 Å². The molecule has 1 amide bonds. The molecule has 37 heavy (non-hydrogen) atoms. The molecule has 1 aliphatic carbocycles. The fourth-order valence-electron chi connectivity index (χ4n) is 4.09. The Bertz CT molecular complexity index is 1620. The van der Waals surface area contributed by atoms with Gasteiger partial charge < -0.3 is 10.4 Å². The van der Waals surface area contributed by atoms with Crippen molar-refractivity contribution in [2.45, 2.75) is 44.8 Å². The molecular formula is C25H24FN9O2. The first-order valence-corrected chi connectivity index (χ1v) is 11.9. The van der Waals surface area contributed by atoms with Crippen LogP contribution in [0.15, 0.2) is 55.1 Å². The van der Waals surface area contributed by atoms with E-state index in [-0.39, 0.29) is 11.3 Å². The van der Waals surface area contributed by atoms with E-state index < -0.39 is 17.3 Å². The molecule has 6 rings (SSSR count). The van der Waals surface area contributed by atoms with Gasteiger partial charge in [0.2, 0.25) is 0 Å². The summed E-state index contributed by atoms with van der Waals surface area (Å²) in [6.45, 7) is 3.76. The molecule has 0 spiro atoms. The predicted octanol–water partition coefficient (Wildman–Crippen LogP) is 3.21. The molecule has 0 saturated heterocycles. The van der Waals surface area contributed by atoms with Crippen molar-refractivity contribution in [3.8, 4) is 16.8 Å². The number of hydrogen-bond donors (Lipinski definition) is 2. The number of halogens is 1. The average Bonchev–Trinajstić information content (AvgIpc) is 3.23. The summed E-state index contributed by atoms with van der Waals surface area (Å²) in [5.74, 6) is -0.0883. The number of aromatic nitrogens is 8. The van der Waals surface area contributed by atoms with Crippen molar-refractivity contribution in [2.24, 2.45) is 0 Å². The van der Waals surface area contributed by atoms with Gasteiger partial charge in [-0.1, -0.05) is 0 Å². The van der Waals surface area contributed by atoms with Crippen LogP contribution in [0.25, 0.3) is 22.3 Å². The third kappa shape index (κ3) is 4.70. The van der Waals surface area contributed by atoms with Crippen LogP contribution in [0.4, 0.5) is 10.1 Å². The van der Waals surface area contributed by atoms with Crippen LogP contribution in [0.1, 0.15) is 48.8 Å². The number of hydrogen-bond acceptors (Lipinski definition) is 7. The van der Waals surface area contributed by atoms with E-state index >= 15 is 0 Å². The number of amides is 1. The Morgan fingerprint density at radius 1 is 1.16 bits per heavy atom. The average molecular weight is 502 g/mol. The lowest BCUT2D eigenvalue weighted by atomic mass is 10.1. The van der Waals surface area contributed by atoms with Gasteiger partial charge in [0.05, 0.1) is 47.0 Å². The molecule has 12 heteroatoms. The van der Waals surface area contributed by atoms with Gasteiger partial charge in [0.15, 0.2) is 5.82 Å². The first-order valence-electron chi connectivity index (χ1n) is 11.9. The highest BCUT2D eigenvalue weighted by Gasteiger charge is 2.28. The number of benzene rings is 1. The number of pyridine rings is 1. The second-order valence-corrected chi connectivity index (χ2v) is 9.87. The lowest BCUT2D eigenvalue weighted by Gasteiger charge is -2.16. The number of rotatable bonds is 7. The number of nitrogens with zero attached hydrogens (tertiary/aromatic N) is 8. The molecule has 0 radical (unpaired) electrons. The Balaban J connectivity index is 1.26. The van der Waals surface area contributed by atoms with Crippen LogP contribution in [0.5, 0.6) is 0 Å². The van der Waals surface area contributed by atoms with Crippen molar-refractivity contribution in [1.82, 2.24) is 39.6 Å². The summed E-state index contributed by atoms with van der Waals surface area (Å²) in [5.41, 5.74) is 2.06. The zero-order chi connectivity index (χ0) is 25.7. The molecule has 5 aromatic rings. The van der Waals surface area contributed by atoms with E-state index in [1.807, 2.05) is 18.3 Å². The first-order chi connectivity index (χ1) is 17.7. The maximum Gasteiger partial charge on any atom is 0.259 e. The second-order valence-electron chi connectivity index (χ2n) is 9.87. The summed E-state index contributed by atoms with van der Waals surface area (Å²) in [6, 6.07) is 7.93. The van der Waals surface area contributed by atoms with Crippen molar-refractivity contribution in [2.75, 3.05) is 5.32 Å². The minimum atomic E-state index is -0.903. The Kier molecular flexibility index (Phi) is 5.33. The molecule has 0 aliphatic heterocycles. The zero-order valence-electron chi connectivity index (χ0n) is 20.2. The molecule has 4 heterocycles. The van der Waals surface area contributed by atoms with Crippen LogP contribution in [0, 0.1) is 5.82 Å². The number of carbonyl (C=O) groups excluding carboxylic acids is 1. The largest absolute Gasteiger partial charge is 0.389 e. The molecule has 2 N–H and O–H groups in total. The Labute approximate surface area is 210 Å². The number of tetrazole rings is 1. The number of aliphatic hydroxyl groups is 1. The number of anilines is 1. The van der Waals surface area contributed by atoms with E-state index in [0.717, 1.165) is 24.0 Å². The van der Waals surface area contributed by atoms with Crippen LogP contribution in [0.2, 0.25) is 0 Å². The standard InChI is InChI=1S/C25H24FN9O2/c1-25(2,37)14-33-13-17(11-27-33)16-7-8-34-22(9-16)19(12-28-34)24(36)29-21-10-18(5-6-20(21)26)35-31-23(30-32-35)15-3-4-15/h5-13,15,37H,3-4,14H2,1-2H3,(H,29,36). The van der Waals surface area contributed by atoms with Gasteiger partial charge in [0.1, 0.15) is 5.82 Å². The van der Waals surface area contributed by atoms with E-state index in [0.29, 0.717) is 29.5 Å². The van der Waals surface area contributed by atoms with Gasteiger partial charge in [0, 0.05) is 23.9 Å². The number of fused-ring (bicyclic) bond motifs is 1. The number of carbonyl (C=O) groups is 1. The molecule has 4 aromatic heterocycles. The van der Waals surface area contributed by atoms with E-state index in [2.05, 4.69) is 30.9 Å². The summed E-state index contributed by atoms with van der Waals surface area (Å²) < 4.78 is 17.9. The van der Waals surface area contributed by atoms with Gasteiger partial charge >= 0.3 is 0 Å². The van der Waals surface area contributed by atoms with E-state index in [4.69, 9.17) is 0 Å². The van der Waals surface area contributed by atoms with Crippen molar-refractivity contribution in [3.63, 3.8) is 0 Å². The van der Waals surface area contributed by atoms with Gasteiger partial charge in [-0.2, -0.15) is 10.2 Å². The van der Waals surface area contributed by atoms with Crippen molar-refractivity contribution >= 4 is 17.1 Å². The van der Waals surface area contributed by atoms with Crippen LogP contribution in [-0.4, -0.2) is 56.2 Å². The molecule has 1 fully saturated rings. The lowest BCUT2D eigenvalue weighted by Crippen LogP contribution is -2.26. The molecule has 1 saturated carbocycles.